The molecule has 1 amide bonds. The Morgan fingerprint density at radius 3 is 2.33 bits per heavy atom. The van der Waals surface area contributed by atoms with Crippen LogP contribution in [0.3, 0.4) is 0 Å². The molecule has 30 heavy (non-hydrogen) atoms. The third-order valence-electron chi connectivity index (χ3n) is 4.93. The summed E-state index contributed by atoms with van der Waals surface area (Å²) in [5.41, 5.74) is 3.01. The summed E-state index contributed by atoms with van der Waals surface area (Å²) in [7, 11) is 0. The number of amides is 1. The molecule has 0 fully saturated rings. The number of furan rings is 1. The van der Waals surface area contributed by atoms with Gasteiger partial charge in [-0.1, -0.05) is 66.2 Å². The quantitative estimate of drug-likeness (QED) is 0.526. The van der Waals surface area contributed by atoms with E-state index in [2.05, 4.69) is 5.32 Å². The summed E-state index contributed by atoms with van der Waals surface area (Å²) in [5, 5.41) is 3.07. The Hall–Kier alpha value is -3.86. The number of pyridine rings is 1. The van der Waals surface area contributed by atoms with Crippen molar-refractivity contribution in [3.8, 4) is 0 Å². The largest absolute Gasteiger partial charge is 0.454 e. The van der Waals surface area contributed by atoms with Crippen molar-refractivity contribution in [1.29, 1.82) is 0 Å². The van der Waals surface area contributed by atoms with Crippen LogP contribution < -0.4 is 10.9 Å². The fourth-order valence-corrected chi connectivity index (χ4v) is 3.31. The van der Waals surface area contributed by atoms with E-state index in [1.807, 2.05) is 61.5 Å². The molecule has 0 saturated carbocycles. The maximum atomic E-state index is 12.9. The van der Waals surface area contributed by atoms with Crippen molar-refractivity contribution in [2.24, 2.45) is 0 Å². The Kier molecular flexibility index (Phi) is 5.61. The lowest BCUT2D eigenvalue weighted by atomic mass is 9.97. The van der Waals surface area contributed by atoms with Gasteiger partial charge in [0.05, 0.1) is 12.6 Å². The third kappa shape index (κ3) is 4.41. The first-order valence-electron chi connectivity index (χ1n) is 9.77. The van der Waals surface area contributed by atoms with Gasteiger partial charge in [-0.15, -0.1) is 0 Å². The molecule has 150 valence electrons. The molecule has 2 aromatic heterocycles. The SMILES string of the molecule is Cc1ccc(C(NC(=O)c2ccc(Cn3ccccc3=O)o2)c2ccccc2)cc1. The molecule has 0 radical (unpaired) electrons. The third-order valence-corrected chi connectivity index (χ3v) is 4.93. The molecule has 1 N–H and O–H groups in total. The Morgan fingerprint density at radius 2 is 1.60 bits per heavy atom. The summed E-state index contributed by atoms with van der Waals surface area (Å²) in [6, 6.07) is 25.9. The van der Waals surface area contributed by atoms with E-state index in [0.29, 0.717) is 5.76 Å². The maximum absolute atomic E-state index is 12.9. The summed E-state index contributed by atoms with van der Waals surface area (Å²) >= 11 is 0. The summed E-state index contributed by atoms with van der Waals surface area (Å²) in [6.07, 6.45) is 1.69. The molecule has 0 spiro atoms. The van der Waals surface area contributed by atoms with E-state index in [0.717, 1.165) is 16.7 Å². The molecule has 5 heteroatoms. The zero-order chi connectivity index (χ0) is 20.9. The number of carbonyl (C=O) groups excluding carboxylic acids is 1. The second-order valence-electron chi connectivity index (χ2n) is 7.16. The minimum Gasteiger partial charge on any atom is -0.454 e. The van der Waals surface area contributed by atoms with Crippen molar-refractivity contribution in [2.75, 3.05) is 0 Å². The van der Waals surface area contributed by atoms with Gasteiger partial charge in [-0.05, 0) is 36.2 Å². The van der Waals surface area contributed by atoms with Gasteiger partial charge in [-0.3, -0.25) is 9.59 Å². The number of rotatable bonds is 6. The number of hydrogen-bond donors (Lipinski definition) is 1. The predicted molar refractivity (Wildman–Crippen MR) is 115 cm³/mol. The van der Waals surface area contributed by atoms with Gasteiger partial charge in [0.25, 0.3) is 11.5 Å². The van der Waals surface area contributed by atoms with Gasteiger partial charge in [0.2, 0.25) is 0 Å². The fraction of sp³-hybridized carbons (Fsp3) is 0.120. The van der Waals surface area contributed by atoms with Crippen LogP contribution in [0.25, 0.3) is 0 Å². The van der Waals surface area contributed by atoms with Gasteiger partial charge in [-0.2, -0.15) is 0 Å². The lowest BCUT2D eigenvalue weighted by molar-refractivity contribution is 0.0913. The standard InChI is InChI=1S/C25H22N2O3/c1-18-10-12-20(13-11-18)24(19-7-3-2-4-8-19)26-25(29)22-15-14-21(30-22)17-27-16-6-5-9-23(27)28/h2-16,24H,17H2,1H3,(H,26,29). The lowest BCUT2D eigenvalue weighted by Crippen LogP contribution is -2.29. The Balaban J connectivity index is 1.56. The topological polar surface area (TPSA) is 64.2 Å². The Morgan fingerprint density at radius 1 is 0.900 bits per heavy atom. The molecular weight excluding hydrogens is 376 g/mol. The minimum absolute atomic E-state index is 0.122. The maximum Gasteiger partial charge on any atom is 0.287 e. The molecule has 2 aromatic carbocycles. The van der Waals surface area contributed by atoms with Gasteiger partial charge in [0, 0.05) is 12.3 Å². The van der Waals surface area contributed by atoms with Crippen LogP contribution in [0, 0.1) is 6.92 Å². The van der Waals surface area contributed by atoms with E-state index < -0.39 is 0 Å². The normalized spacial score (nSPS) is 11.8. The van der Waals surface area contributed by atoms with E-state index in [-0.39, 0.29) is 29.8 Å². The number of carbonyl (C=O) groups is 1. The zero-order valence-corrected chi connectivity index (χ0v) is 16.6. The van der Waals surface area contributed by atoms with Crippen LogP contribution in [0.5, 0.6) is 0 Å². The summed E-state index contributed by atoms with van der Waals surface area (Å²) in [4.78, 5) is 24.8. The molecule has 0 bridgehead atoms. The van der Waals surface area contributed by atoms with Gasteiger partial charge in [-0.25, -0.2) is 0 Å². The number of hydrogen-bond acceptors (Lipinski definition) is 3. The van der Waals surface area contributed by atoms with Crippen molar-refractivity contribution in [3.63, 3.8) is 0 Å². The number of benzene rings is 2. The van der Waals surface area contributed by atoms with Crippen LogP contribution >= 0.6 is 0 Å². The van der Waals surface area contributed by atoms with Crippen LogP contribution in [-0.2, 0) is 6.54 Å². The molecule has 0 aliphatic rings. The highest BCUT2D eigenvalue weighted by atomic mass is 16.4. The van der Waals surface area contributed by atoms with Crippen LogP contribution in [0.4, 0.5) is 0 Å². The Bertz CT molecular complexity index is 1190. The first kappa shape index (κ1) is 19.5. The van der Waals surface area contributed by atoms with Crippen molar-refractivity contribution in [3.05, 3.63) is 130 Å². The van der Waals surface area contributed by atoms with Gasteiger partial charge >= 0.3 is 0 Å². The first-order valence-corrected chi connectivity index (χ1v) is 9.77. The van der Waals surface area contributed by atoms with Crippen LogP contribution in [0.2, 0.25) is 0 Å². The predicted octanol–water partition coefficient (Wildman–Crippen LogP) is 4.32. The first-order chi connectivity index (χ1) is 14.6. The molecule has 0 saturated heterocycles. The van der Waals surface area contributed by atoms with Gasteiger partial charge in [0.15, 0.2) is 5.76 Å². The fourth-order valence-electron chi connectivity index (χ4n) is 3.31. The van der Waals surface area contributed by atoms with E-state index in [4.69, 9.17) is 4.42 Å². The van der Waals surface area contributed by atoms with Crippen LogP contribution in [0.1, 0.15) is 39.0 Å². The monoisotopic (exact) mass is 398 g/mol. The van der Waals surface area contributed by atoms with Crippen molar-refractivity contribution < 1.29 is 9.21 Å². The smallest absolute Gasteiger partial charge is 0.287 e. The van der Waals surface area contributed by atoms with E-state index in [9.17, 15) is 9.59 Å². The highest BCUT2D eigenvalue weighted by Gasteiger charge is 2.20. The number of aromatic nitrogens is 1. The second-order valence-corrected chi connectivity index (χ2v) is 7.16. The zero-order valence-electron chi connectivity index (χ0n) is 16.6. The molecule has 0 aliphatic heterocycles. The summed E-state index contributed by atoms with van der Waals surface area (Å²) in [6.45, 7) is 2.30. The van der Waals surface area contributed by atoms with E-state index in [1.165, 1.54) is 10.6 Å². The summed E-state index contributed by atoms with van der Waals surface area (Å²) < 4.78 is 7.25. The molecule has 4 rings (SSSR count). The minimum atomic E-state index is -0.309. The lowest BCUT2D eigenvalue weighted by Gasteiger charge is -2.19. The number of nitrogens with zero attached hydrogens (tertiary/aromatic N) is 1. The molecular formula is C25H22N2O3. The van der Waals surface area contributed by atoms with Crippen molar-refractivity contribution in [1.82, 2.24) is 9.88 Å². The highest BCUT2D eigenvalue weighted by molar-refractivity contribution is 5.92. The van der Waals surface area contributed by atoms with Crippen LogP contribution in [0.15, 0.2) is 100 Å². The van der Waals surface area contributed by atoms with Crippen molar-refractivity contribution >= 4 is 5.91 Å². The average Bonchev–Trinajstić information content (AvgIpc) is 3.24. The molecule has 2 heterocycles. The van der Waals surface area contributed by atoms with Gasteiger partial charge in [0.1, 0.15) is 5.76 Å². The van der Waals surface area contributed by atoms with E-state index in [1.54, 1.807) is 30.5 Å². The van der Waals surface area contributed by atoms with Crippen LogP contribution in [-0.4, -0.2) is 10.5 Å². The number of nitrogens with one attached hydrogen (secondary N) is 1. The summed E-state index contributed by atoms with van der Waals surface area (Å²) in [5.74, 6) is 0.443. The molecule has 1 unspecified atom stereocenters. The Labute approximate surface area is 174 Å². The van der Waals surface area contributed by atoms with E-state index >= 15 is 0 Å². The number of aryl methyl sites for hydroxylation is 1. The van der Waals surface area contributed by atoms with Gasteiger partial charge < -0.3 is 14.3 Å². The molecule has 1 atom stereocenters. The highest BCUT2D eigenvalue weighted by Crippen LogP contribution is 2.23. The molecule has 0 aliphatic carbocycles. The average molecular weight is 398 g/mol. The second kappa shape index (κ2) is 8.66. The van der Waals surface area contributed by atoms with Crippen molar-refractivity contribution in [2.45, 2.75) is 19.5 Å². The molecule has 4 aromatic rings. The molecule has 5 nitrogen and oxygen atoms in total.